The van der Waals surface area contributed by atoms with Gasteiger partial charge in [-0.05, 0) is 25.5 Å². The molecule has 0 aromatic heterocycles. The maximum Gasteiger partial charge on any atom is 0.248 e. The van der Waals surface area contributed by atoms with E-state index in [1.54, 1.807) is 30.0 Å². The minimum absolute atomic E-state index is 0.105. The summed E-state index contributed by atoms with van der Waals surface area (Å²) >= 11 is 12.3. The smallest absolute Gasteiger partial charge is 0.248 e. The van der Waals surface area contributed by atoms with Crippen molar-refractivity contribution in [2.24, 2.45) is 0 Å². The van der Waals surface area contributed by atoms with Crippen molar-refractivity contribution in [2.45, 2.75) is 38.8 Å². The Kier molecular flexibility index (Phi) is 4.79. The quantitative estimate of drug-likeness (QED) is 0.927. The molecule has 2 rings (SSSR count). The molecule has 0 radical (unpaired) electrons. The molecule has 1 aliphatic heterocycles. The zero-order chi connectivity index (χ0) is 15.6. The van der Waals surface area contributed by atoms with E-state index in [4.69, 9.17) is 23.2 Å². The van der Waals surface area contributed by atoms with Crippen LogP contribution in [-0.2, 0) is 16.1 Å². The van der Waals surface area contributed by atoms with Crippen molar-refractivity contribution in [1.82, 2.24) is 10.2 Å². The van der Waals surface area contributed by atoms with Crippen LogP contribution in [0.1, 0.15) is 32.3 Å². The molecule has 1 saturated heterocycles. The van der Waals surface area contributed by atoms with Crippen LogP contribution in [0.15, 0.2) is 18.2 Å². The van der Waals surface area contributed by atoms with Crippen molar-refractivity contribution in [3.63, 3.8) is 0 Å². The lowest BCUT2D eigenvalue weighted by molar-refractivity contribution is -0.138. The average Bonchev–Trinajstić information content (AvgIpc) is 2.54. The maximum atomic E-state index is 12.7. The van der Waals surface area contributed by atoms with E-state index in [9.17, 15) is 9.59 Å². The fraction of sp³-hybridized carbons (Fsp3) is 0.467. The number of amides is 2. The van der Waals surface area contributed by atoms with Crippen LogP contribution in [0.5, 0.6) is 0 Å². The van der Waals surface area contributed by atoms with E-state index in [1.807, 2.05) is 6.92 Å². The number of benzene rings is 1. The number of hydrogen-bond acceptors (Lipinski definition) is 2. The summed E-state index contributed by atoms with van der Waals surface area (Å²) in [7, 11) is 0. The Hall–Kier alpha value is -1.26. The maximum absolute atomic E-state index is 12.7. The summed E-state index contributed by atoms with van der Waals surface area (Å²) in [5, 5.41) is 3.85. The third-order valence-corrected chi connectivity index (χ3v) is 4.61. The van der Waals surface area contributed by atoms with Crippen LogP contribution in [0.2, 0.25) is 10.0 Å². The number of nitrogens with zero attached hydrogens (tertiary/aromatic N) is 1. The molecule has 0 bridgehead atoms. The van der Waals surface area contributed by atoms with Gasteiger partial charge in [0.25, 0.3) is 0 Å². The Morgan fingerprint density at radius 2 is 1.90 bits per heavy atom. The highest BCUT2D eigenvalue weighted by atomic mass is 35.5. The summed E-state index contributed by atoms with van der Waals surface area (Å²) in [6.45, 7) is 4.30. The van der Waals surface area contributed by atoms with Gasteiger partial charge in [0.1, 0.15) is 5.54 Å². The lowest BCUT2D eigenvalue weighted by Crippen LogP contribution is -2.54. The van der Waals surface area contributed by atoms with Crippen LogP contribution in [0.25, 0.3) is 0 Å². The third kappa shape index (κ3) is 3.33. The van der Waals surface area contributed by atoms with Gasteiger partial charge in [-0.3, -0.25) is 9.59 Å². The molecule has 1 atom stereocenters. The third-order valence-electron chi connectivity index (χ3n) is 3.90. The number of rotatable bonds is 3. The van der Waals surface area contributed by atoms with Crippen LogP contribution < -0.4 is 5.32 Å². The Bertz CT molecular complexity index is 557. The Balaban J connectivity index is 2.30. The van der Waals surface area contributed by atoms with E-state index in [2.05, 4.69) is 5.32 Å². The minimum atomic E-state index is -0.874. The Labute approximate surface area is 134 Å². The normalized spacial score (nSPS) is 23.0. The van der Waals surface area contributed by atoms with Crippen LogP contribution in [0.4, 0.5) is 0 Å². The van der Waals surface area contributed by atoms with Gasteiger partial charge in [0.05, 0.1) is 0 Å². The van der Waals surface area contributed by atoms with Crippen molar-refractivity contribution >= 4 is 35.0 Å². The second kappa shape index (κ2) is 6.24. The SMILES string of the molecule is CCC1(C)NC(=O)CCN(Cc2c(Cl)cccc2Cl)C1=O. The molecule has 1 aromatic carbocycles. The standard InChI is InChI=1S/C15H18Cl2N2O2/c1-3-15(2)14(21)19(8-7-13(20)18-15)9-10-11(16)5-4-6-12(10)17/h4-6H,3,7-9H2,1-2H3,(H,18,20). The van der Waals surface area contributed by atoms with Crippen LogP contribution in [0.3, 0.4) is 0 Å². The topological polar surface area (TPSA) is 49.4 Å². The molecule has 0 aliphatic carbocycles. The Morgan fingerprint density at radius 1 is 1.29 bits per heavy atom. The first kappa shape index (κ1) is 16.1. The van der Waals surface area contributed by atoms with Crippen molar-refractivity contribution in [1.29, 1.82) is 0 Å². The van der Waals surface area contributed by atoms with Gasteiger partial charge < -0.3 is 10.2 Å². The summed E-state index contributed by atoms with van der Waals surface area (Å²) in [5.41, 5.74) is -0.164. The summed E-state index contributed by atoms with van der Waals surface area (Å²) in [6, 6.07) is 5.25. The number of carbonyl (C=O) groups excluding carboxylic acids is 2. The van der Waals surface area contributed by atoms with Crippen molar-refractivity contribution in [3.05, 3.63) is 33.8 Å². The minimum Gasteiger partial charge on any atom is -0.342 e. The summed E-state index contributed by atoms with van der Waals surface area (Å²) in [6.07, 6.45) is 0.813. The van der Waals surface area contributed by atoms with E-state index in [0.29, 0.717) is 35.1 Å². The monoisotopic (exact) mass is 328 g/mol. The number of hydrogen-bond donors (Lipinski definition) is 1. The van der Waals surface area contributed by atoms with E-state index in [-0.39, 0.29) is 18.2 Å². The largest absolute Gasteiger partial charge is 0.342 e. The molecular weight excluding hydrogens is 311 g/mol. The molecule has 6 heteroatoms. The van der Waals surface area contributed by atoms with Gasteiger partial charge in [0, 0.05) is 35.1 Å². The molecule has 1 fully saturated rings. The Morgan fingerprint density at radius 3 is 2.48 bits per heavy atom. The van der Waals surface area contributed by atoms with Gasteiger partial charge in [-0.1, -0.05) is 36.2 Å². The van der Waals surface area contributed by atoms with E-state index >= 15 is 0 Å². The number of carbonyl (C=O) groups is 2. The van der Waals surface area contributed by atoms with Crippen LogP contribution in [0, 0.1) is 0 Å². The predicted octanol–water partition coefficient (Wildman–Crippen LogP) is 3.01. The lowest BCUT2D eigenvalue weighted by atomic mass is 9.97. The molecule has 0 saturated carbocycles. The van der Waals surface area contributed by atoms with Gasteiger partial charge in [-0.2, -0.15) is 0 Å². The van der Waals surface area contributed by atoms with Crippen LogP contribution in [-0.4, -0.2) is 28.8 Å². The first-order valence-electron chi connectivity index (χ1n) is 6.90. The zero-order valence-electron chi connectivity index (χ0n) is 12.1. The molecule has 114 valence electrons. The van der Waals surface area contributed by atoms with Crippen molar-refractivity contribution < 1.29 is 9.59 Å². The summed E-state index contributed by atoms with van der Waals surface area (Å²) < 4.78 is 0. The zero-order valence-corrected chi connectivity index (χ0v) is 13.6. The molecule has 1 aromatic rings. The second-order valence-corrected chi connectivity index (χ2v) is 6.23. The molecule has 0 spiro atoms. The van der Waals surface area contributed by atoms with Crippen molar-refractivity contribution in [3.8, 4) is 0 Å². The van der Waals surface area contributed by atoms with E-state index in [0.717, 1.165) is 0 Å². The predicted molar refractivity (Wildman–Crippen MR) is 83.3 cm³/mol. The summed E-state index contributed by atoms with van der Waals surface area (Å²) in [4.78, 5) is 26.1. The van der Waals surface area contributed by atoms with E-state index in [1.165, 1.54) is 0 Å². The molecule has 1 unspecified atom stereocenters. The molecular formula is C15H18Cl2N2O2. The fourth-order valence-electron chi connectivity index (χ4n) is 2.38. The highest BCUT2D eigenvalue weighted by molar-refractivity contribution is 6.36. The van der Waals surface area contributed by atoms with Crippen LogP contribution >= 0.6 is 23.2 Å². The summed E-state index contributed by atoms with van der Waals surface area (Å²) in [5.74, 6) is -0.215. The fourth-order valence-corrected chi connectivity index (χ4v) is 2.89. The number of halogens is 2. The van der Waals surface area contributed by atoms with Gasteiger partial charge in [-0.25, -0.2) is 0 Å². The van der Waals surface area contributed by atoms with Gasteiger partial charge in [0.15, 0.2) is 0 Å². The van der Waals surface area contributed by atoms with Gasteiger partial charge in [0.2, 0.25) is 11.8 Å². The highest BCUT2D eigenvalue weighted by Gasteiger charge is 2.39. The first-order chi connectivity index (χ1) is 9.87. The molecule has 1 N–H and O–H groups in total. The molecule has 2 amide bonds. The molecule has 1 heterocycles. The number of nitrogens with one attached hydrogen (secondary N) is 1. The highest BCUT2D eigenvalue weighted by Crippen LogP contribution is 2.27. The first-order valence-corrected chi connectivity index (χ1v) is 7.66. The van der Waals surface area contributed by atoms with Gasteiger partial charge in [-0.15, -0.1) is 0 Å². The lowest BCUT2D eigenvalue weighted by Gasteiger charge is -2.31. The van der Waals surface area contributed by atoms with Crippen molar-refractivity contribution in [2.75, 3.05) is 6.54 Å². The average molecular weight is 329 g/mol. The molecule has 1 aliphatic rings. The molecule has 4 nitrogen and oxygen atoms in total. The second-order valence-electron chi connectivity index (χ2n) is 5.41. The van der Waals surface area contributed by atoms with Gasteiger partial charge >= 0.3 is 0 Å². The molecule has 21 heavy (non-hydrogen) atoms. The van der Waals surface area contributed by atoms with E-state index < -0.39 is 5.54 Å².